The van der Waals surface area contributed by atoms with Gasteiger partial charge in [-0.15, -0.1) is 0 Å². The predicted octanol–water partition coefficient (Wildman–Crippen LogP) is 2.94. The standard InChI is InChI=1S/C23H28N2O3/c1-16(2)21(26)25-11-12-28-23(15-25,22(24)27)14-18-7-9-19(10-8-18)20-6-4-5-17(3)13-20/h4-10,13,16H,11-12,14-15H2,1-3H3,(H2,24,27)/t23-/m0/s1. The number of nitrogens with zero attached hydrogens (tertiary/aromatic N) is 1. The van der Waals surface area contributed by atoms with Gasteiger partial charge in [-0.3, -0.25) is 9.59 Å². The van der Waals surface area contributed by atoms with Crippen molar-refractivity contribution in [3.05, 3.63) is 59.7 Å². The molecule has 1 saturated heterocycles. The number of hydrogen-bond donors (Lipinski definition) is 1. The van der Waals surface area contributed by atoms with E-state index in [9.17, 15) is 9.59 Å². The van der Waals surface area contributed by atoms with Crippen LogP contribution in [0.5, 0.6) is 0 Å². The van der Waals surface area contributed by atoms with E-state index in [2.05, 4.69) is 25.1 Å². The third kappa shape index (κ3) is 4.25. The zero-order chi connectivity index (χ0) is 20.3. The molecule has 1 fully saturated rings. The minimum absolute atomic E-state index is 0.0173. The van der Waals surface area contributed by atoms with Crippen molar-refractivity contribution in [2.24, 2.45) is 11.7 Å². The molecule has 2 N–H and O–H groups in total. The molecule has 2 aromatic rings. The fourth-order valence-corrected chi connectivity index (χ4v) is 3.65. The van der Waals surface area contributed by atoms with Crippen LogP contribution in [0.15, 0.2) is 48.5 Å². The number of aryl methyl sites for hydroxylation is 1. The van der Waals surface area contributed by atoms with Crippen molar-refractivity contribution in [2.45, 2.75) is 32.8 Å². The van der Waals surface area contributed by atoms with Crippen molar-refractivity contribution in [3.63, 3.8) is 0 Å². The van der Waals surface area contributed by atoms with Crippen LogP contribution >= 0.6 is 0 Å². The SMILES string of the molecule is Cc1cccc(-c2ccc(C[C@@]3(C(N)=O)CN(C(=O)C(C)C)CCO3)cc2)c1. The quantitative estimate of drug-likeness (QED) is 0.867. The van der Waals surface area contributed by atoms with Crippen molar-refractivity contribution in [1.82, 2.24) is 4.90 Å². The van der Waals surface area contributed by atoms with Crippen LogP contribution in [0.3, 0.4) is 0 Å². The summed E-state index contributed by atoms with van der Waals surface area (Å²) < 4.78 is 5.85. The number of morpholine rings is 1. The molecule has 2 aromatic carbocycles. The molecule has 0 radical (unpaired) electrons. The molecule has 148 valence electrons. The van der Waals surface area contributed by atoms with Crippen LogP contribution in [0.1, 0.15) is 25.0 Å². The third-order valence-corrected chi connectivity index (χ3v) is 5.24. The third-order valence-electron chi connectivity index (χ3n) is 5.24. The number of ether oxygens (including phenoxy) is 1. The molecular weight excluding hydrogens is 352 g/mol. The van der Waals surface area contributed by atoms with Gasteiger partial charge in [0.05, 0.1) is 13.2 Å². The summed E-state index contributed by atoms with van der Waals surface area (Å²) in [5.41, 5.74) is 8.96. The molecule has 1 heterocycles. The summed E-state index contributed by atoms with van der Waals surface area (Å²) in [6, 6.07) is 16.4. The number of benzene rings is 2. The van der Waals surface area contributed by atoms with Gasteiger partial charge >= 0.3 is 0 Å². The van der Waals surface area contributed by atoms with Gasteiger partial charge in [0.2, 0.25) is 5.91 Å². The number of carbonyl (C=O) groups excluding carboxylic acids is 2. The van der Waals surface area contributed by atoms with E-state index in [4.69, 9.17) is 10.5 Å². The Balaban J connectivity index is 1.81. The van der Waals surface area contributed by atoms with Crippen LogP contribution in [0.25, 0.3) is 11.1 Å². The maximum absolute atomic E-state index is 12.4. The number of carbonyl (C=O) groups is 2. The molecule has 0 aliphatic carbocycles. The lowest BCUT2D eigenvalue weighted by Gasteiger charge is -2.41. The Morgan fingerprint density at radius 3 is 2.46 bits per heavy atom. The summed E-state index contributed by atoms with van der Waals surface area (Å²) in [4.78, 5) is 26.4. The number of hydrogen-bond acceptors (Lipinski definition) is 3. The number of primary amides is 1. The zero-order valence-electron chi connectivity index (χ0n) is 16.8. The average Bonchev–Trinajstić information content (AvgIpc) is 2.68. The van der Waals surface area contributed by atoms with Gasteiger partial charge < -0.3 is 15.4 Å². The average molecular weight is 380 g/mol. The summed E-state index contributed by atoms with van der Waals surface area (Å²) in [7, 11) is 0. The van der Waals surface area contributed by atoms with E-state index in [1.807, 2.05) is 44.2 Å². The van der Waals surface area contributed by atoms with Gasteiger partial charge in [0.25, 0.3) is 5.91 Å². The van der Waals surface area contributed by atoms with Crippen molar-refractivity contribution in [1.29, 1.82) is 0 Å². The summed E-state index contributed by atoms with van der Waals surface area (Å²) in [6.45, 7) is 6.76. The molecule has 3 rings (SSSR count). The molecule has 0 aromatic heterocycles. The highest BCUT2D eigenvalue weighted by atomic mass is 16.5. The van der Waals surface area contributed by atoms with Gasteiger partial charge in [-0.2, -0.15) is 0 Å². The van der Waals surface area contributed by atoms with E-state index in [0.29, 0.717) is 19.6 Å². The Kier molecular flexibility index (Phi) is 5.84. The molecular formula is C23H28N2O3. The zero-order valence-corrected chi connectivity index (χ0v) is 16.8. The molecule has 5 nitrogen and oxygen atoms in total. The van der Waals surface area contributed by atoms with Crippen LogP contribution in [0.4, 0.5) is 0 Å². The monoisotopic (exact) mass is 380 g/mol. The van der Waals surface area contributed by atoms with Gasteiger partial charge in [-0.25, -0.2) is 0 Å². The highest BCUT2D eigenvalue weighted by Gasteiger charge is 2.44. The van der Waals surface area contributed by atoms with Gasteiger partial charge in [0, 0.05) is 18.9 Å². The van der Waals surface area contributed by atoms with Crippen LogP contribution in [-0.2, 0) is 20.7 Å². The lowest BCUT2D eigenvalue weighted by atomic mass is 9.90. The second-order valence-electron chi connectivity index (χ2n) is 7.86. The van der Waals surface area contributed by atoms with E-state index in [0.717, 1.165) is 16.7 Å². The van der Waals surface area contributed by atoms with Gasteiger partial charge in [-0.1, -0.05) is 67.9 Å². The summed E-state index contributed by atoms with van der Waals surface area (Å²) in [5, 5.41) is 0. The summed E-state index contributed by atoms with van der Waals surface area (Å²) in [5.74, 6) is -0.641. The first-order chi connectivity index (χ1) is 13.3. The molecule has 2 amide bonds. The van der Waals surface area contributed by atoms with Crippen molar-refractivity contribution >= 4 is 11.8 Å². The first kappa shape index (κ1) is 20.1. The lowest BCUT2D eigenvalue weighted by Crippen LogP contribution is -2.61. The van der Waals surface area contributed by atoms with E-state index in [1.165, 1.54) is 5.56 Å². The van der Waals surface area contributed by atoms with Crippen molar-refractivity contribution in [3.8, 4) is 11.1 Å². The summed E-state index contributed by atoms with van der Waals surface area (Å²) >= 11 is 0. The minimum Gasteiger partial charge on any atom is -0.367 e. The largest absolute Gasteiger partial charge is 0.367 e. The first-order valence-corrected chi connectivity index (χ1v) is 9.69. The van der Waals surface area contributed by atoms with Crippen molar-refractivity contribution in [2.75, 3.05) is 19.7 Å². The van der Waals surface area contributed by atoms with Crippen LogP contribution in [0, 0.1) is 12.8 Å². The molecule has 1 atom stereocenters. The highest BCUT2D eigenvalue weighted by molar-refractivity contribution is 5.86. The van der Waals surface area contributed by atoms with Crippen LogP contribution < -0.4 is 5.73 Å². The van der Waals surface area contributed by atoms with Gasteiger partial charge in [0.1, 0.15) is 0 Å². The van der Waals surface area contributed by atoms with Crippen LogP contribution in [0.2, 0.25) is 0 Å². The number of rotatable bonds is 5. The lowest BCUT2D eigenvalue weighted by molar-refractivity contribution is -0.165. The molecule has 5 heteroatoms. The smallest absolute Gasteiger partial charge is 0.251 e. The highest BCUT2D eigenvalue weighted by Crippen LogP contribution is 2.26. The normalized spacial score (nSPS) is 19.6. The maximum Gasteiger partial charge on any atom is 0.251 e. The molecule has 0 unspecified atom stereocenters. The Bertz CT molecular complexity index is 860. The number of nitrogens with two attached hydrogens (primary N) is 1. The molecule has 0 spiro atoms. The Morgan fingerprint density at radius 1 is 1.14 bits per heavy atom. The Morgan fingerprint density at radius 2 is 1.86 bits per heavy atom. The first-order valence-electron chi connectivity index (χ1n) is 9.69. The molecule has 1 aliphatic heterocycles. The van der Waals surface area contributed by atoms with E-state index >= 15 is 0 Å². The molecule has 28 heavy (non-hydrogen) atoms. The topological polar surface area (TPSA) is 72.6 Å². The molecule has 0 saturated carbocycles. The fourth-order valence-electron chi connectivity index (χ4n) is 3.65. The van der Waals surface area contributed by atoms with E-state index < -0.39 is 11.5 Å². The Labute approximate surface area is 166 Å². The second-order valence-corrected chi connectivity index (χ2v) is 7.86. The fraction of sp³-hybridized carbons (Fsp3) is 0.391. The Hall–Kier alpha value is -2.66. The van der Waals surface area contributed by atoms with E-state index in [1.54, 1.807) is 4.90 Å². The maximum atomic E-state index is 12.4. The molecule has 0 bridgehead atoms. The second kappa shape index (κ2) is 8.15. The van der Waals surface area contributed by atoms with E-state index in [-0.39, 0.29) is 18.4 Å². The van der Waals surface area contributed by atoms with Gasteiger partial charge in [0.15, 0.2) is 5.60 Å². The van der Waals surface area contributed by atoms with Gasteiger partial charge in [-0.05, 0) is 23.6 Å². The van der Waals surface area contributed by atoms with Crippen molar-refractivity contribution < 1.29 is 14.3 Å². The predicted molar refractivity (Wildman–Crippen MR) is 110 cm³/mol. The number of amides is 2. The van der Waals surface area contributed by atoms with Crippen LogP contribution in [-0.4, -0.2) is 42.0 Å². The summed E-state index contributed by atoms with van der Waals surface area (Å²) in [6.07, 6.45) is 0.346. The molecule has 1 aliphatic rings. The minimum atomic E-state index is -1.19.